The van der Waals surface area contributed by atoms with Crippen LogP contribution < -0.4 is 0 Å². The van der Waals surface area contributed by atoms with Gasteiger partial charge in [-0.15, -0.1) is 0 Å². The Bertz CT molecular complexity index is 1220. The molecule has 0 aromatic heterocycles. The number of fused-ring (bicyclic) bond motifs is 1. The first-order valence-corrected chi connectivity index (χ1v) is 16.2. The van der Waals surface area contributed by atoms with Gasteiger partial charge in [0, 0.05) is 12.7 Å². The smallest absolute Gasteiger partial charge is 0.156 e. The summed E-state index contributed by atoms with van der Waals surface area (Å²) in [4.78, 5) is 13.0. The van der Waals surface area contributed by atoms with E-state index in [2.05, 4.69) is 53.7 Å². The average Bonchev–Trinajstić information content (AvgIpc) is 2.92. The summed E-state index contributed by atoms with van der Waals surface area (Å²) >= 11 is 0. The predicted octanol–water partition coefficient (Wildman–Crippen LogP) is 10.8. The molecule has 1 saturated carbocycles. The van der Waals surface area contributed by atoms with Crippen molar-refractivity contribution >= 4 is 11.4 Å². The molecule has 2 aliphatic rings. The number of hydrogen-bond acceptors (Lipinski definition) is 2. The number of unbranched alkanes of at least 4 members (excludes halogenated alkanes) is 1. The number of benzene rings is 1. The second-order valence-corrected chi connectivity index (χ2v) is 12.8. The summed E-state index contributed by atoms with van der Waals surface area (Å²) in [5.74, 6) is 1.20. The molecule has 226 valence electrons. The Labute approximate surface area is 250 Å². The van der Waals surface area contributed by atoms with Crippen molar-refractivity contribution in [3.63, 3.8) is 0 Å². The highest BCUT2D eigenvalue weighted by Crippen LogP contribution is 2.43. The van der Waals surface area contributed by atoms with Crippen LogP contribution in [0.3, 0.4) is 0 Å². The van der Waals surface area contributed by atoms with Gasteiger partial charge >= 0.3 is 0 Å². The highest BCUT2D eigenvalue weighted by molar-refractivity contribution is 5.95. The van der Waals surface area contributed by atoms with E-state index >= 15 is 0 Å². The van der Waals surface area contributed by atoms with Crippen LogP contribution in [0, 0.1) is 31.5 Å². The predicted molar refractivity (Wildman–Crippen MR) is 173 cm³/mol. The first-order valence-electron chi connectivity index (χ1n) is 16.2. The van der Waals surface area contributed by atoms with E-state index in [1.54, 1.807) is 20.1 Å². The Morgan fingerprint density at radius 2 is 1.83 bits per heavy atom. The Balaban J connectivity index is 2.30. The third-order valence-corrected chi connectivity index (χ3v) is 9.66. The second-order valence-electron chi connectivity index (χ2n) is 12.8. The summed E-state index contributed by atoms with van der Waals surface area (Å²) in [6, 6.07) is 1.74. The minimum absolute atomic E-state index is 0.0876. The molecular weight excluding hydrogens is 507 g/mol. The van der Waals surface area contributed by atoms with Gasteiger partial charge in [0.2, 0.25) is 0 Å². The lowest BCUT2D eigenvalue weighted by atomic mass is 9.75. The molecule has 2 unspecified atom stereocenters. The normalized spacial score (nSPS) is 19.8. The summed E-state index contributed by atoms with van der Waals surface area (Å²) in [6.07, 6.45) is 16.2. The number of aryl methyl sites for hydroxylation is 1. The zero-order chi connectivity index (χ0) is 30.3. The lowest BCUT2D eigenvalue weighted by Crippen LogP contribution is -2.19. The topological polar surface area (TPSA) is 26.3 Å². The Kier molecular flexibility index (Phi) is 12.4. The van der Waals surface area contributed by atoms with Gasteiger partial charge in [-0.05, 0) is 141 Å². The van der Waals surface area contributed by atoms with Crippen LogP contribution in [0.2, 0.25) is 0 Å². The highest BCUT2D eigenvalue weighted by atomic mass is 19.1. The molecule has 2 atom stereocenters. The lowest BCUT2D eigenvalue weighted by Gasteiger charge is -2.30. The van der Waals surface area contributed by atoms with Crippen molar-refractivity contribution in [3.8, 4) is 0 Å². The molecule has 0 aliphatic heterocycles. The third kappa shape index (κ3) is 7.98. The van der Waals surface area contributed by atoms with Crippen molar-refractivity contribution in [3.05, 3.63) is 74.2 Å². The maximum absolute atomic E-state index is 14.8. The van der Waals surface area contributed by atoms with Crippen LogP contribution in [0.25, 0.3) is 5.57 Å². The molecule has 0 amide bonds. The van der Waals surface area contributed by atoms with Crippen LogP contribution in [-0.4, -0.2) is 19.0 Å². The third-order valence-electron chi connectivity index (χ3n) is 9.66. The van der Waals surface area contributed by atoms with E-state index in [0.717, 1.165) is 73.6 Å². The van der Waals surface area contributed by atoms with Crippen molar-refractivity contribution in [2.45, 2.75) is 132 Å². The lowest BCUT2D eigenvalue weighted by molar-refractivity contribution is -0.114. The van der Waals surface area contributed by atoms with E-state index in [-0.39, 0.29) is 17.7 Å². The van der Waals surface area contributed by atoms with Crippen LogP contribution in [0.1, 0.15) is 128 Å². The van der Waals surface area contributed by atoms with Gasteiger partial charge in [0.05, 0.1) is 6.10 Å². The van der Waals surface area contributed by atoms with E-state index in [9.17, 15) is 9.18 Å². The monoisotopic (exact) mass is 562 g/mol. The molecule has 1 fully saturated rings. The fourth-order valence-electron chi connectivity index (χ4n) is 6.58. The number of ketones is 1. The molecule has 3 rings (SSSR count). The summed E-state index contributed by atoms with van der Waals surface area (Å²) in [5.41, 5.74) is 11.6. The average molecular weight is 563 g/mol. The Hall–Kier alpha value is -2.26. The second kappa shape index (κ2) is 15.3. The summed E-state index contributed by atoms with van der Waals surface area (Å²) in [7, 11) is 1.74. The Morgan fingerprint density at radius 3 is 2.39 bits per heavy atom. The quantitative estimate of drug-likeness (QED) is 0.176. The van der Waals surface area contributed by atoms with Gasteiger partial charge in [-0.1, -0.05) is 65.0 Å². The number of ether oxygens (including phenoxy) is 1. The molecule has 0 heterocycles. The van der Waals surface area contributed by atoms with Crippen LogP contribution in [0.15, 0.2) is 46.1 Å². The standard InChI is InChI=1S/C38H55FO2/c1-10-12-17-31(25(4)21-35(29(8)41-9)34(28(7)40)23-30-15-13-16-30)36(20-24(3)11-2)33-19-14-18-32-27(6)37(39)22-26(5)38(32)33/h17,21-22,24,29-30H,10-16,18-20,23H2,1-9H3/b25-21+,31-17+,35-34+,36-33-. The summed E-state index contributed by atoms with van der Waals surface area (Å²) < 4.78 is 20.7. The number of hydrogen-bond donors (Lipinski definition) is 0. The molecule has 0 radical (unpaired) electrons. The van der Waals surface area contributed by atoms with Gasteiger partial charge in [0.15, 0.2) is 5.78 Å². The number of Topliss-reactive ketones (excluding diaryl/α,β-unsaturated/α-hetero) is 1. The highest BCUT2D eigenvalue weighted by Gasteiger charge is 2.27. The summed E-state index contributed by atoms with van der Waals surface area (Å²) in [6.45, 7) is 16.9. The van der Waals surface area contributed by atoms with E-state index < -0.39 is 0 Å². The van der Waals surface area contributed by atoms with Crippen molar-refractivity contribution in [2.24, 2.45) is 11.8 Å². The molecule has 0 saturated heterocycles. The van der Waals surface area contributed by atoms with E-state index in [4.69, 9.17) is 4.74 Å². The number of halogens is 1. The first kappa shape index (κ1) is 33.2. The van der Waals surface area contributed by atoms with Crippen LogP contribution in [0.5, 0.6) is 0 Å². The van der Waals surface area contributed by atoms with E-state index in [1.807, 2.05) is 6.92 Å². The number of carbonyl (C=O) groups is 1. The van der Waals surface area contributed by atoms with Gasteiger partial charge in [0.25, 0.3) is 0 Å². The van der Waals surface area contributed by atoms with Gasteiger partial charge in [-0.3, -0.25) is 4.79 Å². The van der Waals surface area contributed by atoms with Crippen molar-refractivity contribution in [1.82, 2.24) is 0 Å². The maximum atomic E-state index is 14.8. The SMILES string of the molecule is CCC/C=C(C(/CC(C)CC)=C1/CCCc2c(C)c(F)cc(C)c21)\C(C)=C\C(=C(\CC1CCC1)C(C)=O)C(C)OC. The molecule has 0 bridgehead atoms. The molecular formula is C38H55FO2. The van der Waals surface area contributed by atoms with Crippen molar-refractivity contribution in [1.29, 1.82) is 0 Å². The minimum atomic E-state index is -0.162. The van der Waals surface area contributed by atoms with Crippen LogP contribution in [0.4, 0.5) is 4.39 Å². The fourth-order valence-corrected chi connectivity index (χ4v) is 6.58. The van der Waals surface area contributed by atoms with Crippen LogP contribution >= 0.6 is 0 Å². The van der Waals surface area contributed by atoms with Gasteiger partial charge < -0.3 is 4.74 Å². The van der Waals surface area contributed by atoms with Gasteiger partial charge in [-0.2, -0.15) is 0 Å². The molecule has 0 spiro atoms. The fraction of sp³-hybridized carbons (Fsp3) is 0.605. The van der Waals surface area contributed by atoms with Crippen molar-refractivity contribution < 1.29 is 13.9 Å². The molecule has 1 aromatic carbocycles. The zero-order valence-corrected chi connectivity index (χ0v) is 27.4. The number of rotatable bonds is 13. The molecule has 1 aromatic rings. The van der Waals surface area contributed by atoms with Gasteiger partial charge in [-0.25, -0.2) is 4.39 Å². The number of carbonyl (C=O) groups excluding carboxylic acids is 1. The number of methoxy groups -OCH3 is 1. The zero-order valence-electron chi connectivity index (χ0n) is 27.4. The van der Waals surface area contributed by atoms with E-state index in [0.29, 0.717) is 11.8 Å². The molecule has 0 N–H and O–H groups in total. The molecule has 2 aliphatic carbocycles. The summed E-state index contributed by atoms with van der Waals surface area (Å²) in [5, 5.41) is 0. The van der Waals surface area contributed by atoms with Crippen molar-refractivity contribution in [2.75, 3.05) is 7.11 Å². The van der Waals surface area contributed by atoms with E-state index in [1.165, 1.54) is 52.7 Å². The Morgan fingerprint density at radius 1 is 1.12 bits per heavy atom. The van der Waals surface area contributed by atoms with Crippen LogP contribution in [-0.2, 0) is 16.0 Å². The molecule has 41 heavy (non-hydrogen) atoms. The molecule has 2 nitrogen and oxygen atoms in total. The molecule has 3 heteroatoms. The maximum Gasteiger partial charge on any atom is 0.156 e. The first-order chi connectivity index (χ1) is 19.5. The number of allylic oxidation sites excluding steroid dienone is 6. The largest absolute Gasteiger partial charge is 0.377 e. The van der Waals surface area contributed by atoms with Gasteiger partial charge in [0.1, 0.15) is 5.82 Å². The minimum Gasteiger partial charge on any atom is -0.377 e.